The lowest BCUT2D eigenvalue weighted by molar-refractivity contribution is 0.487. The fourth-order valence-electron chi connectivity index (χ4n) is 2.34. The smallest absolute Gasteiger partial charge is 0.371 e. The molecule has 27 heavy (non-hydrogen) atoms. The molecule has 0 saturated heterocycles. The Morgan fingerprint density at radius 1 is 1.19 bits per heavy atom. The number of nitrogens with two attached hydrogens (primary N) is 1. The Kier molecular flexibility index (Phi) is 5.27. The summed E-state index contributed by atoms with van der Waals surface area (Å²) in [5.74, 6) is 0.0143. The Labute approximate surface area is 160 Å². The van der Waals surface area contributed by atoms with Gasteiger partial charge < -0.3 is 4.18 Å². The fraction of sp³-hybridized carbons (Fsp3) is 0.0625. The quantitative estimate of drug-likeness (QED) is 0.664. The zero-order chi connectivity index (χ0) is 19.4. The molecule has 0 spiro atoms. The van der Waals surface area contributed by atoms with Gasteiger partial charge in [-0.1, -0.05) is 17.7 Å². The molecule has 3 rings (SSSR count). The van der Waals surface area contributed by atoms with E-state index in [1.807, 2.05) is 5.01 Å². The van der Waals surface area contributed by atoms with Crippen molar-refractivity contribution in [3.8, 4) is 11.8 Å². The molecule has 3 aromatic rings. The van der Waals surface area contributed by atoms with Crippen LogP contribution in [0.2, 0.25) is 5.02 Å². The first-order valence-corrected chi connectivity index (χ1v) is 9.34. The second-order valence-corrected chi connectivity index (χ2v) is 6.95. The monoisotopic (exact) mass is 404 g/mol. The van der Waals surface area contributed by atoms with Gasteiger partial charge in [-0.25, -0.2) is 4.68 Å². The second kappa shape index (κ2) is 7.63. The van der Waals surface area contributed by atoms with E-state index in [0.717, 1.165) is 5.69 Å². The van der Waals surface area contributed by atoms with Crippen LogP contribution >= 0.6 is 11.6 Å². The van der Waals surface area contributed by atoms with Crippen LogP contribution in [-0.2, 0) is 16.8 Å². The van der Waals surface area contributed by atoms with Gasteiger partial charge in [-0.05, 0) is 35.9 Å². The SMILES string of the molecule is N#Cc1ccc(N(Cc2ccc(OS(N)(=O)=O)cc2Cl)n2cnnc2)cc1. The summed E-state index contributed by atoms with van der Waals surface area (Å²) in [6, 6.07) is 13.5. The van der Waals surface area contributed by atoms with Crippen LogP contribution in [0.3, 0.4) is 0 Å². The van der Waals surface area contributed by atoms with Gasteiger partial charge in [0.1, 0.15) is 18.4 Å². The van der Waals surface area contributed by atoms with Crippen LogP contribution in [0.4, 0.5) is 5.69 Å². The molecule has 0 saturated carbocycles. The van der Waals surface area contributed by atoms with Gasteiger partial charge in [0, 0.05) is 11.1 Å². The number of aromatic nitrogens is 3. The fourth-order valence-corrected chi connectivity index (χ4v) is 2.94. The van der Waals surface area contributed by atoms with Crippen molar-refractivity contribution in [2.45, 2.75) is 6.54 Å². The molecule has 9 nitrogen and oxygen atoms in total. The largest absolute Gasteiger partial charge is 0.380 e. The Morgan fingerprint density at radius 3 is 2.41 bits per heavy atom. The summed E-state index contributed by atoms with van der Waals surface area (Å²) in [4.78, 5) is 0. The second-order valence-electron chi connectivity index (χ2n) is 5.39. The molecule has 0 aliphatic carbocycles. The molecule has 1 heterocycles. The maximum absolute atomic E-state index is 11.0. The van der Waals surface area contributed by atoms with E-state index in [1.165, 1.54) is 24.8 Å². The van der Waals surface area contributed by atoms with E-state index in [-0.39, 0.29) is 5.75 Å². The van der Waals surface area contributed by atoms with Crippen LogP contribution in [0.25, 0.3) is 0 Å². The van der Waals surface area contributed by atoms with Crippen LogP contribution in [0.5, 0.6) is 5.75 Å². The van der Waals surface area contributed by atoms with Crippen LogP contribution in [0.1, 0.15) is 11.1 Å². The van der Waals surface area contributed by atoms with Gasteiger partial charge in [0.05, 0.1) is 23.9 Å². The zero-order valence-electron chi connectivity index (χ0n) is 13.7. The third-order valence-corrected chi connectivity index (χ3v) is 4.31. The molecular formula is C16H13ClN6O3S. The molecule has 11 heteroatoms. The average Bonchev–Trinajstić information content (AvgIpc) is 3.14. The first-order chi connectivity index (χ1) is 12.9. The van der Waals surface area contributed by atoms with Crippen LogP contribution in [-0.4, -0.2) is 23.3 Å². The van der Waals surface area contributed by atoms with Gasteiger partial charge >= 0.3 is 10.3 Å². The molecule has 0 aliphatic heterocycles. The Hall–Kier alpha value is -3.13. The van der Waals surface area contributed by atoms with Crippen molar-refractivity contribution in [3.63, 3.8) is 0 Å². The predicted molar refractivity (Wildman–Crippen MR) is 97.9 cm³/mol. The number of hydrogen-bond donors (Lipinski definition) is 1. The van der Waals surface area contributed by atoms with E-state index >= 15 is 0 Å². The number of rotatable bonds is 6. The lowest BCUT2D eigenvalue weighted by atomic mass is 10.2. The molecule has 2 N–H and O–H groups in total. The summed E-state index contributed by atoms with van der Waals surface area (Å²) in [7, 11) is -4.13. The third kappa shape index (κ3) is 4.73. The van der Waals surface area contributed by atoms with Gasteiger partial charge in [0.2, 0.25) is 0 Å². The lowest BCUT2D eigenvalue weighted by Crippen LogP contribution is -2.28. The molecule has 2 aromatic carbocycles. The van der Waals surface area contributed by atoms with Gasteiger partial charge in [-0.15, -0.1) is 10.2 Å². The summed E-state index contributed by atoms with van der Waals surface area (Å²) >= 11 is 6.27. The highest BCUT2D eigenvalue weighted by molar-refractivity contribution is 7.84. The highest BCUT2D eigenvalue weighted by Gasteiger charge is 2.14. The Morgan fingerprint density at radius 2 is 1.85 bits per heavy atom. The third-order valence-electron chi connectivity index (χ3n) is 3.54. The molecule has 1 aromatic heterocycles. The van der Waals surface area contributed by atoms with Gasteiger partial charge in [-0.2, -0.15) is 18.8 Å². The molecular weight excluding hydrogens is 392 g/mol. The highest BCUT2D eigenvalue weighted by atomic mass is 35.5. The number of benzene rings is 2. The minimum Gasteiger partial charge on any atom is -0.371 e. The Balaban J connectivity index is 1.92. The lowest BCUT2D eigenvalue weighted by Gasteiger charge is -2.25. The number of nitrogens with zero attached hydrogens (tertiary/aromatic N) is 5. The molecule has 0 radical (unpaired) electrons. The number of hydrogen-bond acceptors (Lipinski definition) is 7. The van der Waals surface area contributed by atoms with E-state index in [4.69, 9.17) is 22.0 Å². The van der Waals surface area contributed by atoms with Crippen molar-refractivity contribution >= 4 is 27.6 Å². The van der Waals surface area contributed by atoms with E-state index in [1.54, 1.807) is 35.0 Å². The van der Waals surface area contributed by atoms with Crippen molar-refractivity contribution in [2.75, 3.05) is 5.01 Å². The van der Waals surface area contributed by atoms with E-state index < -0.39 is 10.3 Å². The van der Waals surface area contributed by atoms with Crippen LogP contribution in [0, 0.1) is 11.3 Å². The standard InChI is InChI=1S/C16H13ClN6O3S/c17-16-7-15(26-27(19,24)25)6-3-13(16)9-23(22-10-20-21-11-22)14-4-1-12(8-18)2-5-14/h1-7,10-11H,9H2,(H2,19,24,25). The molecule has 0 amide bonds. The average molecular weight is 405 g/mol. The molecule has 0 aliphatic rings. The summed E-state index contributed by atoms with van der Waals surface area (Å²) in [5.41, 5.74) is 2.00. The molecule has 0 bridgehead atoms. The summed E-state index contributed by atoms with van der Waals surface area (Å²) in [6.07, 6.45) is 3.04. The number of anilines is 1. The molecule has 0 unspecified atom stereocenters. The van der Waals surface area contributed by atoms with Crippen LogP contribution in [0.15, 0.2) is 55.1 Å². The minimum absolute atomic E-state index is 0.0143. The predicted octanol–water partition coefficient (Wildman–Crippen LogP) is 1.86. The van der Waals surface area contributed by atoms with Crippen molar-refractivity contribution in [2.24, 2.45) is 5.14 Å². The highest BCUT2D eigenvalue weighted by Crippen LogP contribution is 2.26. The van der Waals surface area contributed by atoms with Crippen molar-refractivity contribution in [1.29, 1.82) is 5.26 Å². The Bertz CT molecular complexity index is 1080. The van der Waals surface area contributed by atoms with E-state index in [9.17, 15) is 8.42 Å². The topological polar surface area (TPSA) is 127 Å². The van der Waals surface area contributed by atoms with E-state index in [2.05, 4.69) is 20.4 Å². The van der Waals surface area contributed by atoms with Crippen molar-refractivity contribution in [3.05, 3.63) is 71.3 Å². The van der Waals surface area contributed by atoms with Gasteiger partial charge in [-0.3, -0.25) is 5.01 Å². The summed E-state index contributed by atoms with van der Waals surface area (Å²) in [6.45, 7) is 0.318. The van der Waals surface area contributed by atoms with Crippen molar-refractivity contribution < 1.29 is 12.6 Å². The molecule has 0 atom stereocenters. The zero-order valence-corrected chi connectivity index (χ0v) is 15.3. The maximum Gasteiger partial charge on any atom is 0.380 e. The van der Waals surface area contributed by atoms with E-state index in [0.29, 0.717) is 22.7 Å². The van der Waals surface area contributed by atoms with Crippen molar-refractivity contribution in [1.82, 2.24) is 14.9 Å². The summed E-state index contributed by atoms with van der Waals surface area (Å²) < 4.78 is 28.3. The first-order valence-electron chi connectivity index (χ1n) is 7.49. The van der Waals surface area contributed by atoms with Gasteiger partial charge in [0.15, 0.2) is 0 Å². The molecule has 138 valence electrons. The number of nitriles is 1. The normalized spacial score (nSPS) is 11.0. The first kappa shape index (κ1) is 18.7. The maximum atomic E-state index is 11.0. The molecule has 0 fully saturated rings. The number of halogens is 1. The minimum atomic E-state index is -4.13. The van der Waals surface area contributed by atoms with Gasteiger partial charge in [0.25, 0.3) is 0 Å². The van der Waals surface area contributed by atoms with Crippen LogP contribution < -0.4 is 14.3 Å². The summed E-state index contributed by atoms with van der Waals surface area (Å²) in [5, 5.41) is 23.5.